The summed E-state index contributed by atoms with van der Waals surface area (Å²) in [6.07, 6.45) is 2.25. The maximum atomic E-state index is 6.18. The summed E-state index contributed by atoms with van der Waals surface area (Å²) in [6.45, 7) is 17.4. The second-order valence-corrected chi connectivity index (χ2v) is 12.2. The maximum Gasteiger partial charge on any atom is 0.191 e. The summed E-state index contributed by atoms with van der Waals surface area (Å²) in [5, 5.41) is 3.80. The number of rotatable bonds is 5. The summed E-state index contributed by atoms with van der Waals surface area (Å²) >= 11 is 0. The quantitative estimate of drug-likeness (QED) is 0.614. The summed E-state index contributed by atoms with van der Waals surface area (Å²) in [4.78, 5) is 0. The molecule has 0 amide bonds. The Kier molecular flexibility index (Phi) is 5.04. The first-order valence-electron chi connectivity index (χ1n) is 7.09. The lowest BCUT2D eigenvalue weighted by atomic mass is 10.2. The fraction of sp³-hybridized carbons (Fsp3) is 1.00. The van der Waals surface area contributed by atoms with Crippen LogP contribution < -0.4 is 5.32 Å². The van der Waals surface area contributed by atoms with Crippen LogP contribution >= 0.6 is 0 Å². The van der Waals surface area contributed by atoms with Gasteiger partial charge >= 0.3 is 0 Å². The van der Waals surface area contributed by atoms with Gasteiger partial charge in [-0.05, 0) is 44.8 Å². The molecule has 1 aliphatic rings. The SMILES string of the molecule is CC1(C)N[C@@H](CCCO[Si](C)(C)C(C)(C)C)CO1. The summed E-state index contributed by atoms with van der Waals surface area (Å²) in [6, 6.07) is 0.489. The van der Waals surface area contributed by atoms with E-state index in [1.54, 1.807) is 0 Å². The van der Waals surface area contributed by atoms with Gasteiger partial charge in [-0.15, -0.1) is 0 Å². The lowest BCUT2D eigenvalue weighted by molar-refractivity contribution is 0.0231. The minimum atomic E-state index is -1.56. The molecule has 1 rings (SSSR count). The van der Waals surface area contributed by atoms with Crippen LogP contribution in [0.5, 0.6) is 0 Å². The molecule has 0 saturated carbocycles. The molecular formula is C14H31NO2Si. The minimum Gasteiger partial charge on any atom is -0.417 e. The fourth-order valence-electron chi connectivity index (χ4n) is 1.91. The highest BCUT2D eigenvalue weighted by Crippen LogP contribution is 2.36. The average Bonchev–Trinajstić information content (AvgIpc) is 2.51. The van der Waals surface area contributed by atoms with Gasteiger partial charge in [0, 0.05) is 12.6 Å². The largest absolute Gasteiger partial charge is 0.417 e. The van der Waals surface area contributed by atoms with Gasteiger partial charge in [-0.25, -0.2) is 0 Å². The van der Waals surface area contributed by atoms with E-state index >= 15 is 0 Å². The predicted octanol–water partition coefficient (Wildman–Crippen LogP) is 3.51. The molecule has 0 bridgehead atoms. The molecule has 0 radical (unpaired) electrons. The molecule has 108 valence electrons. The summed E-state index contributed by atoms with van der Waals surface area (Å²) in [7, 11) is -1.56. The third-order valence-corrected chi connectivity index (χ3v) is 8.70. The van der Waals surface area contributed by atoms with E-state index in [0.717, 1.165) is 26.1 Å². The zero-order chi connectivity index (χ0) is 14.0. The van der Waals surface area contributed by atoms with Crippen LogP contribution in [0.15, 0.2) is 0 Å². The van der Waals surface area contributed by atoms with Crippen molar-refractivity contribution in [3.05, 3.63) is 0 Å². The molecule has 0 aromatic carbocycles. The second-order valence-electron chi connectivity index (χ2n) is 7.41. The van der Waals surface area contributed by atoms with Crippen molar-refractivity contribution in [1.29, 1.82) is 0 Å². The van der Waals surface area contributed by atoms with Gasteiger partial charge in [-0.3, -0.25) is 5.32 Å². The third kappa shape index (κ3) is 4.65. The van der Waals surface area contributed by atoms with Gasteiger partial charge in [0.15, 0.2) is 8.32 Å². The van der Waals surface area contributed by atoms with Gasteiger partial charge in [0.2, 0.25) is 0 Å². The molecule has 3 nitrogen and oxygen atoms in total. The van der Waals surface area contributed by atoms with Gasteiger partial charge in [0.05, 0.1) is 6.61 Å². The average molecular weight is 273 g/mol. The fourth-order valence-corrected chi connectivity index (χ4v) is 3.00. The molecule has 1 N–H and O–H groups in total. The molecule has 0 spiro atoms. The maximum absolute atomic E-state index is 6.18. The van der Waals surface area contributed by atoms with Crippen molar-refractivity contribution < 1.29 is 9.16 Å². The van der Waals surface area contributed by atoms with Gasteiger partial charge < -0.3 is 9.16 Å². The van der Waals surface area contributed by atoms with Crippen LogP contribution in [-0.2, 0) is 9.16 Å². The van der Waals surface area contributed by atoms with E-state index in [1.807, 2.05) is 0 Å². The van der Waals surface area contributed by atoms with Crippen molar-refractivity contribution in [2.24, 2.45) is 0 Å². The highest BCUT2D eigenvalue weighted by Gasteiger charge is 2.37. The zero-order valence-corrected chi connectivity index (χ0v) is 14.2. The highest BCUT2D eigenvalue weighted by atomic mass is 28.4. The monoisotopic (exact) mass is 273 g/mol. The Labute approximate surface area is 114 Å². The Morgan fingerprint density at radius 2 is 1.94 bits per heavy atom. The van der Waals surface area contributed by atoms with Crippen molar-refractivity contribution in [2.75, 3.05) is 13.2 Å². The molecule has 0 unspecified atom stereocenters. The van der Waals surface area contributed by atoms with Gasteiger partial charge in [-0.2, -0.15) is 0 Å². The number of nitrogens with one attached hydrogen (secondary N) is 1. The molecule has 1 aliphatic heterocycles. The van der Waals surface area contributed by atoms with Crippen molar-refractivity contribution in [3.8, 4) is 0 Å². The Hall–Kier alpha value is 0.0969. The van der Waals surface area contributed by atoms with Gasteiger partial charge in [0.1, 0.15) is 5.72 Å². The third-order valence-electron chi connectivity index (χ3n) is 4.16. The summed E-state index contributed by atoms with van der Waals surface area (Å²) in [5.74, 6) is 0. The zero-order valence-electron chi connectivity index (χ0n) is 13.2. The standard InChI is InChI=1S/C14H31NO2Si/c1-13(2,3)18(6,7)17-10-8-9-12-11-16-14(4,5)15-12/h12,15H,8-11H2,1-7H3/t12-/m0/s1. The van der Waals surface area contributed by atoms with E-state index in [9.17, 15) is 0 Å². The molecule has 4 heteroatoms. The number of hydrogen-bond acceptors (Lipinski definition) is 3. The van der Waals surface area contributed by atoms with Crippen LogP contribution in [0.25, 0.3) is 0 Å². The highest BCUT2D eigenvalue weighted by molar-refractivity contribution is 6.74. The summed E-state index contributed by atoms with van der Waals surface area (Å²) < 4.78 is 11.8. The Morgan fingerprint density at radius 3 is 2.39 bits per heavy atom. The topological polar surface area (TPSA) is 30.5 Å². The van der Waals surface area contributed by atoms with E-state index in [1.165, 1.54) is 0 Å². The van der Waals surface area contributed by atoms with Crippen LogP contribution in [0.1, 0.15) is 47.5 Å². The van der Waals surface area contributed by atoms with Gasteiger partial charge in [0.25, 0.3) is 0 Å². The summed E-state index contributed by atoms with van der Waals surface area (Å²) in [5.41, 5.74) is -0.148. The first kappa shape index (κ1) is 16.2. The van der Waals surface area contributed by atoms with Crippen molar-refractivity contribution >= 4 is 8.32 Å². The molecule has 0 aromatic heterocycles. The van der Waals surface area contributed by atoms with E-state index in [0.29, 0.717) is 11.1 Å². The van der Waals surface area contributed by atoms with Crippen molar-refractivity contribution in [3.63, 3.8) is 0 Å². The van der Waals surface area contributed by atoms with Crippen molar-refractivity contribution in [2.45, 2.75) is 77.4 Å². The van der Waals surface area contributed by atoms with Crippen LogP contribution in [0.3, 0.4) is 0 Å². The minimum absolute atomic E-state index is 0.148. The second kappa shape index (κ2) is 5.61. The smallest absolute Gasteiger partial charge is 0.191 e. The molecular weight excluding hydrogens is 242 g/mol. The van der Waals surface area contributed by atoms with Crippen LogP contribution in [0, 0.1) is 0 Å². The molecule has 1 atom stereocenters. The van der Waals surface area contributed by atoms with E-state index in [4.69, 9.17) is 9.16 Å². The van der Waals surface area contributed by atoms with Crippen LogP contribution in [-0.4, -0.2) is 33.3 Å². The molecule has 1 saturated heterocycles. The first-order valence-corrected chi connectivity index (χ1v) is 10.00. The van der Waals surface area contributed by atoms with Crippen molar-refractivity contribution in [1.82, 2.24) is 5.32 Å². The Balaban J connectivity index is 2.20. The Bertz CT molecular complexity index is 271. The van der Waals surface area contributed by atoms with E-state index in [-0.39, 0.29) is 5.72 Å². The van der Waals surface area contributed by atoms with E-state index in [2.05, 4.69) is 53.0 Å². The molecule has 1 heterocycles. The number of ether oxygens (including phenoxy) is 1. The van der Waals surface area contributed by atoms with Crippen LogP contribution in [0.2, 0.25) is 18.1 Å². The normalized spacial score (nSPS) is 24.5. The first-order chi connectivity index (χ1) is 8.04. The molecule has 0 aromatic rings. The molecule has 0 aliphatic carbocycles. The van der Waals surface area contributed by atoms with Gasteiger partial charge in [-0.1, -0.05) is 20.8 Å². The van der Waals surface area contributed by atoms with Crippen LogP contribution in [0.4, 0.5) is 0 Å². The lowest BCUT2D eigenvalue weighted by Gasteiger charge is -2.36. The number of hydrogen-bond donors (Lipinski definition) is 1. The van der Waals surface area contributed by atoms with E-state index < -0.39 is 8.32 Å². The predicted molar refractivity (Wildman–Crippen MR) is 79.3 cm³/mol. The molecule has 18 heavy (non-hydrogen) atoms. The lowest BCUT2D eigenvalue weighted by Crippen LogP contribution is -2.41. The Morgan fingerprint density at radius 1 is 1.33 bits per heavy atom. The molecule has 1 fully saturated rings.